The van der Waals surface area contributed by atoms with Crippen LogP contribution in [0.4, 0.5) is 0 Å². The summed E-state index contributed by atoms with van der Waals surface area (Å²) in [4.78, 5) is 106. The molecule has 0 aromatic heterocycles. The van der Waals surface area contributed by atoms with Crippen molar-refractivity contribution in [3.05, 3.63) is 144 Å². The zero-order valence-electron chi connectivity index (χ0n) is 36.2. The van der Waals surface area contributed by atoms with Crippen molar-refractivity contribution in [3.63, 3.8) is 0 Å². The van der Waals surface area contributed by atoms with Crippen LogP contribution in [0.1, 0.15) is 55.9 Å². The molecule has 0 radical (unpaired) electrons. The van der Waals surface area contributed by atoms with Crippen molar-refractivity contribution in [2.24, 2.45) is 5.73 Å². The van der Waals surface area contributed by atoms with E-state index in [1.807, 2.05) is 91.0 Å². The summed E-state index contributed by atoms with van der Waals surface area (Å²) in [5.74, 6) is -6.64. The minimum atomic E-state index is -1.60. The fraction of sp³-hybridized carbons (Fsp3) is 0.319. The van der Waals surface area contributed by atoms with Crippen molar-refractivity contribution in [1.82, 2.24) is 31.9 Å². The fourth-order valence-corrected chi connectivity index (χ4v) is 6.68. The molecule has 0 heterocycles. The highest BCUT2D eigenvalue weighted by molar-refractivity contribution is 5.97. The van der Waals surface area contributed by atoms with E-state index in [1.54, 1.807) is 51.1 Å². The van der Waals surface area contributed by atoms with Gasteiger partial charge in [-0.25, -0.2) is 4.79 Å². The summed E-state index contributed by atoms with van der Waals surface area (Å²) >= 11 is 0. The monoisotopic (exact) mass is 877 g/mol. The predicted octanol–water partition coefficient (Wildman–Crippen LogP) is 1.28. The van der Waals surface area contributed by atoms with Crippen LogP contribution in [0.15, 0.2) is 121 Å². The first-order valence-electron chi connectivity index (χ1n) is 20.5. The molecule has 0 unspecified atom stereocenters. The Balaban J connectivity index is 1.58. The summed E-state index contributed by atoms with van der Waals surface area (Å²) in [7, 11) is 1.15. The summed E-state index contributed by atoms with van der Waals surface area (Å²) < 4.78 is 10.3. The molecule has 8 N–H and O–H groups in total. The molecule has 64 heavy (non-hydrogen) atoms. The lowest BCUT2D eigenvalue weighted by Crippen LogP contribution is -2.56. The van der Waals surface area contributed by atoms with Gasteiger partial charge in [0.25, 0.3) is 0 Å². The molecule has 4 aromatic carbocycles. The SMILES string of the molecule is COC(=O)[C@H](Cc1ccccc1)NC(=O)[C@H](CC(=O)OC(C)(C)C)NC(=O)CNC(=O)[C@H](CC(=O)NC(c1ccccc1)(c1ccccc1)c1ccccc1)NC(=O)CNC(=O)CN. The van der Waals surface area contributed by atoms with Crippen molar-refractivity contribution in [2.75, 3.05) is 26.7 Å². The van der Waals surface area contributed by atoms with Gasteiger partial charge in [0.1, 0.15) is 29.3 Å². The number of carbonyl (C=O) groups excluding carboxylic acids is 8. The van der Waals surface area contributed by atoms with E-state index in [1.165, 1.54) is 0 Å². The van der Waals surface area contributed by atoms with Crippen LogP contribution in [-0.2, 0) is 59.8 Å². The third-order valence-electron chi connectivity index (χ3n) is 9.57. The molecule has 0 aliphatic heterocycles. The highest BCUT2D eigenvalue weighted by Crippen LogP contribution is 2.37. The molecule has 4 aromatic rings. The van der Waals surface area contributed by atoms with Gasteiger partial charge in [-0.3, -0.25) is 33.6 Å². The summed E-state index contributed by atoms with van der Waals surface area (Å²) in [6, 6.07) is 31.9. The normalized spacial score (nSPS) is 12.5. The molecule has 4 rings (SSSR count). The van der Waals surface area contributed by atoms with E-state index in [2.05, 4.69) is 31.9 Å². The van der Waals surface area contributed by atoms with Gasteiger partial charge < -0.3 is 47.1 Å². The van der Waals surface area contributed by atoms with Crippen molar-refractivity contribution in [1.29, 1.82) is 0 Å². The topological polar surface area (TPSA) is 253 Å². The minimum absolute atomic E-state index is 0.0299. The van der Waals surface area contributed by atoms with Crippen LogP contribution >= 0.6 is 0 Å². The number of ether oxygens (including phenoxy) is 2. The molecule has 0 saturated carbocycles. The lowest BCUT2D eigenvalue weighted by Gasteiger charge is -2.37. The minimum Gasteiger partial charge on any atom is -0.467 e. The molecule has 0 aliphatic carbocycles. The second-order valence-corrected chi connectivity index (χ2v) is 15.6. The first-order chi connectivity index (χ1) is 30.5. The molecule has 0 spiro atoms. The summed E-state index contributed by atoms with van der Waals surface area (Å²) in [5.41, 5.74) is 5.89. The standard InChI is InChI=1S/C47H55N7O10/c1-46(2,3)64-42(59)27-36(44(61)53-37(45(62)63-4)25-31-17-9-5-10-18-31)52-41(58)30-50-43(60)35(51-40(57)29-49-39(56)28-48)26-38(55)54-47(32-19-11-6-12-20-32,33-21-13-7-14-22-33)34-23-15-8-16-24-34/h5-24,35-37H,25-30,48H2,1-4H3,(H,49,56)(H,50,60)(H,51,57)(H,52,58)(H,53,61)(H,54,55)/t35-,36-,37-/m0/s1. The van der Waals surface area contributed by atoms with Crippen molar-refractivity contribution < 1.29 is 47.8 Å². The van der Waals surface area contributed by atoms with Gasteiger partial charge in [0.05, 0.1) is 39.6 Å². The van der Waals surface area contributed by atoms with Gasteiger partial charge in [0.15, 0.2) is 0 Å². The fourth-order valence-electron chi connectivity index (χ4n) is 6.68. The van der Waals surface area contributed by atoms with Crippen molar-refractivity contribution in [3.8, 4) is 0 Å². The van der Waals surface area contributed by atoms with Crippen LogP contribution in [0.5, 0.6) is 0 Å². The highest BCUT2D eigenvalue weighted by atomic mass is 16.6. The second-order valence-electron chi connectivity index (χ2n) is 15.6. The molecule has 6 amide bonds. The molecule has 0 bridgehead atoms. The number of nitrogens with two attached hydrogens (primary N) is 1. The Morgan fingerprint density at radius 1 is 0.547 bits per heavy atom. The number of rotatable bonds is 21. The number of esters is 2. The number of nitrogens with one attached hydrogen (secondary N) is 6. The largest absolute Gasteiger partial charge is 0.467 e. The number of carbonyl (C=O) groups is 8. The average Bonchev–Trinajstić information content (AvgIpc) is 3.28. The van der Waals surface area contributed by atoms with Gasteiger partial charge in [-0.05, 0) is 43.0 Å². The van der Waals surface area contributed by atoms with Gasteiger partial charge >= 0.3 is 11.9 Å². The van der Waals surface area contributed by atoms with Crippen LogP contribution in [0.25, 0.3) is 0 Å². The van der Waals surface area contributed by atoms with Crippen molar-refractivity contribution >= 4 is 47.4 Å². The van der Waals surface area contributed by atoms with Crippen LogP contribution in [0.2, 0.25) is 0 Å². The summed E-state index contributed by atoms with van der Waals surface area (Å²) in [6.07, 6.45) is -1.26. The molecular weight excluding hydrogens is 823 g/mol. The maximum absolute atomic E-state index is 14.3. The molecule has 0 saturated heterocycles. The van der Waals surface area contributed by atoms with Crippen LogP contribution in [0.3, 0.4) is 0 Å². The quantitative estimate of drug-likeness (QED) is 0.0464. The van der Waals surface area contributed by atoms with Crippen molar-refractivity contribution in [2.45, 2.75) is 69.3 Å². The number of amides is 6. The third-order valence-corrected chi connectivity index (χ3v) is 9.57. The average molecular weight is 878 g/mol. The van der Waals surface area contributed by atoms with Crippen LogP contribution < -0.4 is 37.6 Å². The zero-order chi connectivity index (χ0) is 46.7. The Morgan fingerprint density at radius 2 is 1.00 bits per heavy atom. The molecule has 338 valence electrons. The van der Waals surface area contributed by atoms with E-state index < -0.39 is 109 Å². The first kappa shape index (κ1) is 49.3. The number of hydrogen-bond acceptors (Lipinski definition) is 11. The lowest BCUT2D eigenvalue weighted by molar-refractivity contribution is -0.156. The Kier molecular flexibility index (Phi) is 18.3. The zero-order valence-corrected chi connectivity index (χ0v) is 36.2. The highest BCUT2D eigenvalue weighted by Gasteiger charge is 2.39. The van der Waals surface area contributed by atoms with Crippen LogP contribution in [0, 0.1) is 0 Å². The maximum Gasteiger partial charge on any atom is 0.328 e. The number of hydrogen-bond donors (Lipinski definition) is 7. The second kappa shape index (κ2) is 23.7. The van der Waals surface area contributed by atoms with Gasteiger partial charge in [0.2, 0.25) is 35.4 Å². The third kappa shape index (κ3) is 14.9. The van der Waals surface area contributed by atoms with Gasteiger partial charge in [-0.2, -0.15) is 0 Å². The summed E-state index contributed by atoms with van der Waals surface area (Å²) in [5, 5.41) is 15.2. The smallest absolute Gasteiger partial charge is 0.328 e. The molecule has 17 nitrogen and oxygen atoms in total. The van der Waals surface area contributed by atoms with Gasteiger partial charge in [-0.15, -0.1) is 0 Å². The first-order valence-corrected chi connectivity index (χ1v) is 20.5. The van der Waals surface area contributed by atoms with E-state index >= 15 is 0 Å². The molecule has 0 aliphatic rings. The van der Waals surface area contributed by atoms with E-state index in [4.69, 9.17) is 15.2 Å². The van der Waals surface area contributed by atoms with E-state index in [9.17, 15) is 38.4 Å². The van der Waals surface area contributed by atoms with E-state index in [-0.39, 0.29) is 6.42 Å². The lowest BCUT2D eigenvalue weighted by atomic mass is 9.77. The number of benzene rings is 4. The predicted molar refractivity (Wildman–Crippen MR) is 235 cm³/mol. The molecular formula is C47H55N7O10. The Bertz CT molecular complexity index is 2120. The molecule has 0 fully saturated rings. The maximum atomic E-state index is 14.3. The van der Waals surface area contributed by atoms with Gasteiger partial charge in [0, 0.05) is 6.42 Å². The van der Waals surface area contributed by atoms with Gasteiger partial charge in [-0.1, -0.05) is 121 Å². The Hall–Kier alpha value is -7.40. The number of methoxy groups -OCH3 is 1. The molecule has 17 heteroatoms. The molecule has 3 atom stereocenters. The Labute approximate surface area is 371 Å². The summed E-state index contributed by atoms with van der Waals surface area (Å²) in [6.45, 7) is 3.08. The van der Waals surface area contributed by atoms with E-state index in [0.29, 0.717) is 22.3 Å². The Morgan fingerprint density at radius 3 is 1.45 bits per heavy atom. The van der Waals surface area contributed by atoms with E-state index in [0.717, 1.165) is 7.11 Å². The van der Waals surface area contributed by atoms with Crippen LogP contribution in [-0.4, -0.2) is 97.9 Å².